The number of ether oxygens (including phenoxy) is 1. The van der Waals surface area contributed by atoms with Crippen LogP contribution < -0.4 is 10.1 Å². The Morgan fingerprint density at radius 1 is 1.23 bits per heavy atom. The molecule has 1 atom stereocenters. The molecule has 0 saturated heterocycles. The Balaban J connectivity index is 2.74. The van der Waals surface area contributed by atoms with Crippen molar-refractivity contribution in [2.45, 2.75) is 32.7 Å². The van der Waals surface area contributed by atoms with Crippen LogP contribution in [0.25, 0.3) is 0 Å². The van der Waals surface area contributed by atoms with Gasteiger partial charge in [0.25, 0.3) is 5.91 Å². The molecule has 22 heavy (non-hydrogen) atoms. The van der Waals surface area contributed by atoms with E-state index in [0.717, 1.165) is 24.3 Å². The predicted molar refractivity (Wildman–Crippen MR) is 71.5 cm³/mol. The SMILES string of the molecule is CC(C)CC(NC(=O)c1ccc(OC(F)(F)F)cc1)C(=O)O. The number of hydrogen-bond acceptors (Lipinski definition) is 3. The summed E-state index contributed by atoms with van der Waals surface area (Å²) in [5.74, 6) is -2.24. The van der Waals surface area contributed by atoms with Gasteiger partial charge in [-0.25, -0.2) is 4.79 Å². The van der Waals surface area contributed by atoms with E-state index in [1.165, 1.54) is 0 Å². The van der Waals surface area contributed by atoms with Gasteiger partial charge in [-0.1, -0.05) is 13.8 Å². The monoisotopic (exact) mass is 319 g/mol. The lowest BCUT2D eigenvalue weighted by Crippen LogP contribution is -2.41. The Morgan fingerprint density at radius 2 is 1.77 bits per heavy atom. The molecule has 1 unspecified atom stereocenters. The van der Waals surface area contributed by atoms with Gasteiger partial charge in [0.1, 0.15) is 11.8 Å². The van der Waals surface area contributed by atoms with Crippen LogP contribution in [-0.2, 0) is 4.79 Å². The second kappa shape index (κ2) is 7.15. The van der Waals surface area contributed by atoms with E-state index in [1.807, 2.05) is 13.8 Å². The summed E-state index contributed by atoms with van der Waals surface area (Å²) in [5, 5.41) is 11.4. The number of nitrogens with one attached hydrogen (secondary N) is 1. The van der Waals surface area contributed by atoms with Crippen molar-refractivity contribution in [1.82, 2.24) is 5.32 Å². The fraction of sp³-hybridized carbons (Fsp3) is 0.429. The van der Waals surface area contributed by atoms with Crippen LogP contribution in [0.15, 0.2) is 24.3 Å². The summed E-state index contributed by atoms with van der Waals surface area (Å²) >= 11 is 0. The molecule has 122 valence electrons. The highest BCUT2D eigenvalue weighted by Crippen LogP contribution is 2.22. The van der Waals surface area contributed by atoms with Crippen molar-refractivity contribution in [3.8, 4) is 5.75 Å². The van der Waals surface area contributed by atoms with Crippen LogP contribution >= 0.6 is 0 Å². The average Bonchev–Trinajstić information content (AvgIpc) is 2.36. The van der Waals surface area contributed by atoms with Gasteiger partial charge in [0.2, 0.25) is 0 Å². The van der Waals surface area contributed by atoms with Crippen molar-refractivity contribution in [1.29, 1.82) is 0 Å². The minimum Gasteiger partial charge on any atom is -0.480 e. The molecule has 0 aliphatic rings. The van der Waals surface area contributed by atoms with Gasteiger partial charge < -0.3 is 15.2 Å². The number of rotatable bonds is 6. The van der Waals surface area contributed by atoms with Gasteiger partial charge in [-0.05, 0) is 36.6 Å². The zero-order chi connectivity index (χ0) is 16.9. The first-order valence-electron chi connectivity index (χ1n) is 6.48. The van der Waals surface area contributed by atoms with Gasteiger partial charge in [0, 0.05) is 5.56 Å². The average molecular weight is 319 g/mol. The molecule has 1 amide bonds. The van der Waals surface area contributed by atoms with Crippen molar-refractivity contribution in [2.75, 3.05) is 0 Å². The third kappa shape index (κ3) is 6.02. The molecule has 0 saturated carbocycles. The highest BCUT2D eigenvalue weighted by atomic mass is 19.4. The number of alkyl halides is 3. The largest absolute Gasteiger partial charge is 0.573 e. The van der Waals surface area contributed by atoms with Crippen LogP contribution in [0.5, 0.6) is 5.75 Å². The van der Waals surface area contributed by atoms with E-state index in [1.54, 1.807) is 0 Å². The van der Waals surface area contributed by atoms with E-state index in [2.05, 4.69) is 10.1 Å². The lowest BCUT2D eigenvalue weighted by Gasteiger charge is -2.16. The second-order valence-electron chi connectivity index (χ2n) is 5.07. The van der Waals surface area contributed by atoms with Crippen molar-refractivity contribution >= 4 is 11.9 Å². The van der Waals surface area contributed by atoms with E-state index < -0.39 is 30.0 Å². The molecule has 0 heterocycles. The second-order valence-corrected chi connectivity index (χ2v) is 5.07. The third-order valence-electron chi connectivity index (χ3n) is 2.66. The summed E-state index contributed by atoms with van der Waals surface area (Å²) in [7, 11) is 0. The quantitative estimate of drug-likeness (QED) is 0.845. The molecule has 0 spiro atoms. The summed E-state index contributed by atoms with van der Waals surface area (Å²) in [4.78, 5) is 23.0. The minimum absolute atomic E-state index is 0.0459. The standard InChI is InChI=1S/C14H16F3NO4/c1-8(2)7-11(13(20)21)18-12(19)9-3-5-10(6-4-9)22-14(15,16)17/h3-6,8,11H,7H2,1-2H3,(H,18,19)(H,20,21). The number of halogens is 3. The maximum absolute atomic E-state index is 12.0. The van der Waals surface area contributed by atoms with Crippen molar-refractivity contribution in [3.05, 3.63) is 29.8 Å². The van der Waals surface area contributed by atoms with E-state index in [0.29, 0.717) is 0 Å². The molecule has 2 N–H and O–H groups in total. The Morgan fingerprint density at radius 3 is 2.18 bits per heavy atom. The minimum atomic E-state index is -4.81. The van der Waals surface area contributed by atoms with Crippen LogP contribution in [0.2, 0.25) is 0 Å². The zero-order valence-corrected chi connectivity index (χ0v) is 12.0. The van der Waals surface area contributed by atoms with Gasteiger partial charge in [-0.3, -0.25) is 4.79 Å². The maximum Gasteiger partial charge on any atom is 0.573 e. The van der Waals surface area contributed by atoms with Gasteiger partial charge in [0.05, 0.1) is 0 Å². The Labute approximate surface area is 125 Å². The third-order valence-corrected chi connectivity index (χ3v) is 2.66. The summed E-state index contributed by atoms with van der Waals surface area (Å²) in [5.41, 5.74) is 0.0459. The first-order valence-corrected chi connectivity index (χ1v) is 6.48. The molecular formula is C14H16F3NO4. The number of hydrogen-bond donors (Lipinski definition) is 2. The Hall–Kier alpha value is -2.25. The lowest BCUT2D eigenvalue weighted by molar-refractivity contribution is -0.274. The number of amides is 1. The molecule has 0 bridgehead atoms. The molecule has 0 aromatic heterocycles. The molecular weight excluding hydrogens is 303 g/mol. The smallest absolute Gasteiger partial charge is 0.480 e. The fourth-order valence-electron chi connectivity index (χ4n) is 1.74. The van der Waals surface area contributed by atoms with Gasteiger partial charge in [-0.15, -0.1) is 13.2 Å². The topological polar surface area (TPSA) is 75.6 Å². The molecule has 5 nitrogen and oxygen atoms in total. The number of carbonyl (C=O) groups is 2. The Bertz CT molecular complexity index is 526. The highest BCUT2D eigenvalue weighted by Gasteiger charge is 2.31. The van der Waals surface area contributed by atoms with E-state index in [4.69, 9.17) is 5.11 Å². The number of carbonyl (C=O) groups excluding carboxylic acids is 1. The summed E-state index contributed by atoms with van der Waals surface area (Å²) in [6.07, 6.45) is -4.56. The molecule has 0 fully saturated rings. The van der Waals surface area contributed by atoms with Crippen molar-refractivity contribution in [2.24, 2.45) is 5.92 Å². The van der Waals surface area contributed by atoms with Crippen molar-refractivity contribution < 1.29 is 32.6 Å². The first kappa shape index (κ1) is 17.8. The molecule has 1 rings (SSSR count). The van der Waals surface area contributed by atoms with E-state index >= 15 is 0 Å². The molecule has 0 aliphatic carbocycles. The van der Waals surface area contributed by atoms with E-state index in [9.17, 15) is 22.8 Å². The molecule has 1 aromatic rings. The number of benzene rings is 1. The van der Waals surface area contributed by atoms with E-state index in [-0.39, 0.29) is 17.9 Å². The zero-order valence-electron chi connectivity index (χ0n) is 12.0. The number of carboxylic acids is 1. The molecule has 8 heteroatoms. The number of aliphatic carboxylic acids is 1. The lowest BCUT2D eigenvalue weighted by atomic mass is 10.0. The Kier molecular flexibility index (Phi) is 5.78. The molecule has 0 aliphatic heterocycles. The summed E-state index contributed by atoms with van der Waals surface area (Å²) in [6.45, 7) is 3.62. The van der Waals surface area contributed by atoms with Gasteiger partial charge >= 0.3 is 12.3 Å². The molecule has 1 aromatic carbocycles. The number of carboxylic acid groups (broad SMARTS) is 1. The molecule has 0 radical (unpaired) electrons. The van der Waals surface area contributed by atoms with Crippen LogP contribution in [0.4, 0.5) is 13.2 Å². The first-order chi connectivity index (χ1) is 10.1. The van der Waals surface area contributed by atoms with Crippen molar-refractivity contribution in [3.63, 3.8) is 0 Å². The fourth-order valence-corrected chi connectivity index (χ4v) is 1.74. The summed E-state index contributed by atoms with van der Waals surface area (Å²) < 4.78 is 39.7. The van der Waals surface area contributed by atoms with Gasteiger partial charge in [-0.2, -0.15) is 0 Å². The normalized spacial score (nSPS) is 12.8. The summed E-state index contributed by atoms with van der Waals surface area (Å²) in [6, 6.07) is 3.18. The predicted octanol–water partition coefficient (Wildman–Crippen LogP) is 2.81. The van der Waals surface area contributed by atoms with Gasteiger partial charge in [0.15, 0.2) is 0 Å². The maximum atomic E-state index is 12.0. The highest BCUT2D eigenvalue weighted by molar-refractivity contribution is 5.96. The van der Waals surface area contributed by atoms with Crippen LogP contribution in [0.1, 0.15) is 30.6 Å². The van der Waals surface area contributed by atoms with Crippen LogP contribution in [0, 0.1) is 5.92 Å². The van der Waals surface area contributed by atoms with Crippen LogP contribution in [0.3, 0.4) is 0 Å². The van der Waals surface area contributed by atoms with Crippen LogP contribution in [-0.4, -0.2) is 29.4 Å².